The van der Waals surface area contributed by atoms with Gasteiger partial charge in [0.1, 0.15) is 11.8 Å². The number of methoxy groups -OCH3 is 1. The minimum atomic E-state index is 0.560. The third kappa shape index (κ3) is 2.98. The zero-order valence-corrected chi connectivity index (χ0v) is 11.9. The van der Waals surface area contributed by atoms with Crippen LogP contribution in [-0.4, -0.2) is 7.11 Å². The quantitative estimate of drug-likeness (QED) is 0.847. The molecule has 96 valence electrons. The van der Waals surface area contributed by atoms with Crippen molar-refractivity contribution in [1.82, 2.24) is 0 Å². The maximum Gasteiger partial charge on any atom is 0.143 e. The van der Waals surface area contributed by atoms with Gasteiger partial charge in [0.05, 0.1) is 24.0 Å². The first-order valence-corrected chi connectivity index (χ1v) is 6.33. The number of benzene rings is 2. The molecule has 5 heteroatoms. The number of nitriles is 1. The van der Waals surface area contributed by atoms with E-state index in [2.05, 4.69) is 27.3 Å². The summed E-state index contributed by atoms with van der Waals surface area (Å²) in [4.78, 5) is 0. The van der Waals surface area contributed by atoms with Gasteiger partial charge in [-0.15, -0.1) is 0 Å². The average Bonchev–Trinajstić information content (AvgIpc) is 2.42. The Morgan fingerprint density at radius 2 is 2.05 bits per heavy atom. The van der Waals surface area contributed by atoms with Gasteiger partial charge in [-0.05, 0) is 30.3 Å². The maximum absolute atomic E-state index is 9.11. The first-order valence-electron chi connectivity index (χ1n) is 5.54. The first kappa shape index (κ1) is 13.2. The van der Waals surface area contributed by atoms with Crippen molar-refractivity contribution < 1.29 is 4.74 Å². The van der Waals surface area contributed by atoms with Crippen molar-refractivity contribution in [2.75, 3.05) is 18.2 Å². The predicted octanol–water partition coefficient (Wildman–Crippen LogP) is 3.66. The van der Waals surface area contributed by atoms with Crippen LogP contribution in [0.4, 0.5) is 17.1 Å². The number of hydrogen-bond donors (Lipinski definition) is 2. The molecular weight excluding hydrogens is 306 g/mol. The number of halogens is 1. The van der Waals surface area contributed by atoms with Crippen LogP contribution < -0.4 is 15.8 Å². The van der Waals surface area contributed by atoms with Crippen LogP contribution >= 0.6 is 15.9 Å². The molecule has 0 aliphatic heterocycles. The normalized spacial score (nSPS) is 9.74. The second-order valence-corrected chi connectivity index (χ2v) is 4.80. The molecule has 0 fully saturated rings. The van der Waals surface area contributed by atoms with E-state index in [-0.39, 0.29) is 0 Å². The molecule has 0 radical (unpaired) electrons. The van der Waals surface area contributed by atoms with Crippen molar-refractivity contribution in [1.29, 1.82) is 5.26 Å². The van der Waals surface area contributed by atoms with E-state index in [9.17, 15) is 0 Å². The van der Waals surface area contributed by atoms with Gasteiger partial charge in [-0.3, -0.25) is 0 Å². The zero-order chi connectivity index (χ0) is 13.8. The van der Waals surface area contributed by atoms with Crippen molar-refractivity contribution >= 4 is 33.0 Å². The summed E-state index contributed by atoms with van der Waals surface area (Å²) in [7, 11) is 1.57. The Bertz CT molecular complexity index is 650. The Balaban J connectivity index is 2.34. The molecule has 0 saturated carbocycles. The minimum absolute atomic E-state index is 0.560. The standard InChI is InChI=1S/C14H12BrN3O/c1-19-14-7-11(3-4-12(14)17)18-13-5-2-10(15)6-9(13)8-16/h2-7,18H,17H2,1H3. The highest BCUT2D eigenvalue weighted by Crippen LogP contribution is 2.29. The Labute approximate surface area is 119 Å². The molecule has 0 unspecified atom stereocenters. The SMILES string of the molecule is COc1cc(Nc2ccc(Br)cc2C#N)ccc1N. The molecule has 0 bridgehead atoms. The second kappa shape index (κ2) is 5.63. The van der Waals surface area contributed by atoms with Crippen LogP contribution in [0.15, 0.2) is 40.9 Å². The van der Waals surface area contributed by atoms with Gasteiger partial charge in [-0.2, -0.15) is 5.26 Å². The summed E-state index contributed by atoms with van der Waals surface area (Å²) in [6, 6.07) is 13.0. The Morgan fingerprint density at radius 1 is 1.26 bits per heavy atom. The van der Waals surface area contributed by atoms with Crippen molar-refractivity contribution in [3.63, 3.8) is 0 Å². The lowest BCUT2D eigenvalue weighted by atomic mass is 10.2. The van der Waals surface area contributed by atoms with Gasteiger partial charge in [0.15, 0.2) is 0 Å². The van der Waals surface area contributed by atoms with E-state index in [4.69, 9.17) is 15.7 Å². The smallest absolute Gasteiger partial charge is 0.143 e. The van der Waals surface area contributed by atoms with Gasteiger partial charge in [0.25, 0.3) is 0 Å². The number of hydrogen-bond acceptors (Lipinski definition) is 4. The van der Waals surface area contributed by atoms with Gasteiger partial charge in [-0.25, -0.2) is 0 Å². The molecule has 3 N–H and O–H groups in total. The molecule has 0 amide bonds. The largest absolute Gasteiger partial charge is 0.495 e. The molecule has 0 heterocycles. The fourth-order valence-corrected chi connectivity index (χ4v) is 2.02. The molecule has 2 aromatic rings. The Kier molecular flexibility index (Phi) is 3.93. The molecular formula is C14H12BrN3O. The predicted molar refractivity (Wildman–Crippen MR) is 79.5 cm³/mol. The monoisotopic (exact) mass is 317 g/mol. The maximum atomic E-state index is 9.11. The summed E-state index contributed by atoms with van der Waals surface area (Å²) in [6.45, 7) is 0. The van der Waals surface area contributed by atoms with Crippen LogP contribution in [0.3, 0.4) is 0 Å². The highest BCUT2D eigenvalue weighted by Gasteiger charge is 2.05. The van der Waals surface area contributed by atoms with E-state index >= 15 is 0 Å². The molecule has 2 rings (SSSR count). The molecule has 4 nitrogen and oxygen atoms in total. The Hall–Kier alpha value is -2.19. The van der Waals surface area contributed by atoms with E-state index in [0.29, 0.717) is 17.0 Å². The number of nitrogen functional groups attached to an aromatic ring is 1. The third-order valence-corrected chi connectivity index (χ3v) is 3.11. The highest BCUT2D eigenvalue weighted by atomic mass is 79.9. The molecule has 0 atom stereocenters. The van der Waals surface area contributed by atoms with Crippen LogP contribution in [0.1, 0.15) is 5.56 Å². The molecule has 0 aliphatic carbocycles. The van der Waals surface area contributed by atoms with Crippen LogP contribution in [-0.2, 0) is 0 Å². The molecule has 0 spiro atoms. The summed E-state index contributed by atoms with van der Waals surface area (Å²) in [5, 5.41) is 12.3. The average molecular weight is 318 g/mol. The fraction of sp³-hybridized carbons (Fsp3) is 0.0714. The van der Waals surface area contributed by atoms with Crippen LogP contribution in [0.25, 0.3) is 0 Å². The Morgan fingerprint density at radius 3 is 2.74 bits per heavy atom. The lowest BCUT2D eigenvalue weighted by Gasteiger charge is -2.11. The molecule has 0 aliphatic rings. The number of anilines is 3. The van der Waals surface area contributed by atoms with Gasteiger partial charge < -0.3 is 15.8 Å². The van der Waals surface area contributed by atoms with Gasteiger partial charge >= 0.3 is 0 Å². The number of rotatable bonds is 3. The van der Waals surface area contributed by atoms with Gasteiger partial charge in [-0.1, -0.05) is 15.9 Å². The number of nitrogens with two attached hydrogens (primary N) is 1. The van der Waals surface area contributed by atoms with Gasteiger partial charge in [0, 0.05) is 16.2 Å². The van der Waals surface area contributed by atoms with Crippen molar-refractivity contribution in [3.8, 4) is 11.8 Å². The lowest BCUT2D eigenvalue weighted by Crippen LogP contribution is -1.97. The van der Waals surface area contributed by atoms with E-state index in [1.54, 1.807) is 25.3 Å². The van der Waals surface area contributed by atoms with Crippen molar-refractivity contribution in [3.05, 3.63) is 46.4 Å². The summed E-state index contributed by atoms with van der Waals surface area (Å²) >= 11 is 3.34. The molecule has 2 aromatic carbocycles. The summed E-state index contributed by atoms with van der Waals surface area (Å²) < 4.78 is 6.03. The van der Waals surface area contributed by atoms with Crippen LogP contribution in [0.5, 0.6) is 5.75 Å². The molecule has 0 saturated heterocycles. The molecule has 0 aromatic heterocycles. The van der Waals surface area contributed by atoms with Crippen LogP contribution in [0, 0.1) is 11.3 Å². The van der Waals surface area contributed by atoms with E-state index in [1.165, 1.54) is 0 Å². The van der Waals surface area contributed by atoms with Crippen molar-refractivity contribution in [2.24, 2.45) is 0 Å². The van der Waals surface area contributed by atoms with Gasteiger partial charge in [0.2, 0.25) is 0 Å². The third-order valence-electron chi connectivity index (χ3n) is 2.61. The van der Waals surface area contributed by atoms with Crippen LogP contribution in [0.2, 0.25) is 0 Å². The summed E-state index contributed by atoms with van der Waals surface area (Å²) in [5.41, 5.74) is 8.44. The highest BCUT2D eigenvalue weighted by molar-refractivity contribution is 9.10. The number of ether oxygens (including phenoxy) is 1. The second-order valence-electron chi connectivity index (χ2n) is 3.88. The minimum Gasteiger partial charge on any atom is -0.495 e. The fourth-order valence-electron chi connectivity index (χ4n) is 1.66. The van der Waals surface area contributed by atoms with E-state index in [0.717, 1.165) is 15.8 Å². The van der Waals surface area contributed by atoms with E-state index < -0.39 is 0 Å². The summed E-state index contributed by atoms with van der Waals surface area (Å²) in [5.74, 6) is 0.598. The first-order chi connectivity index (χ1) is 9.13. The number of nitrogens with one attached hydrogen (secondary N) is 1. The van der Waals surface area contributed by atoms with E-state index in [1.807, 2.05) is 18.2 Å². The number of nitrogens with zero attached hydrogens (tertiary/aromatic N) is 1. The zero-order valence-electron chi connectivity index (χ0n) is 10.3. The topological polar surface area (TPSA) is 71.1 Å². The lowest BCUT2D eigenvalue weighted by molar-refractivity contribution is 0.417. The summed E-state index contributed by atoms with van der Waals surface area (Å²) in [6.07, 6.45) is 0. The molecule has 19 heavy (non-hydrogen) atoms. The van der Waals surface area contributed by atoms with Crippen molar-refractivity contribution in [2.45, 2.75) is 0 Å².